The molecule has 0 aliphatic rings. The summed E-state index contributed by atoms with van der Waals surface area (Å²) < 4.78 is 1.15. The molecule has 108 valence electrons. The number of benzene rings is 4. The summed E-state index contributed by atoms with van der Waals surface area (Å²) in [5.41, 5.74) is 2.42. The second-order valence-corrected chi connectivity index (χ2v) is 7.11. The van der Waals surface area contributed by atoms with E-state index in [4.69, 9.17) is 0 Å². The summed E-state index contributed by atoms with van der Waals surface area (Å²) in [4.78, 5) is 2.37. The van der Waals surface area contributed by atoms with Gasteiger partial charge in [-0.05, 0) is 0 Å². The Morgan fingerprint density at radius 2 is 1.30 bits per heavy atom. The van der Waals surface area contributed by atoms with Gasteiger partial charge in [0.25, 0.3) is 0 Å². The van der Waals surface area contributed by atoms with Crippen molar-refractivity contribution < 1.29 is 0 Å². The zero-order valence-electron chi connectivity index (χ0n) is 12.4. The molecule has 0 bridgehead atoms. The van der Waals surface area contributed by atoms with Gasteiger partial charge in [0.15, 0.2) is 0 Å². The summed E-state index contributed by atoms with van der Waals surface area (Å²) in [6.07, 6.45) is 0. The summed E-state index contributed by atoms with van der Waals surface area (Å²) in [5.74, 6) is 0. The fraction of sp³-hybridized carbons (Fsp3) is 0. The maximum atomic E-state index is 9.25. The van der Waals surface area contributed by atoms with Crippen LogP contribution < -0.4 is 4.46 Å². The number of hydrogen-bond donors (Lipinski definition) is 0. The number of hydrogen-bond acceptors (Lipinski definition) is 1. The van der Waals surface area contributed by atoms with Crippen LogP contribution in [0.2, 0.25) is 0 Å². The van der Waals surface area contributed by atoms with Gasteiger partial charge in [-0.15, -0.1) is 0 Å². The summed E-state index contributed by atoms with van der Waals surface area (Å²) in [5, 5.41) is 14.2. The van der Waals surface area contributed by atoms with Crippen LogP contribution in [0.3, 0.4) is 0 Å². The Balaban J connectivity index is 2.15. The molecule has 0 heterocycles. The second-order valence-electron chi connectivity index (χ2n) is 5.38. The Morgan fingerprint density at radius 1 is 0.652 bits per heavy atom. The van der Waals surface area contributed by atoms with E-state index in [1.54, 1.807) is 0 Å². The summed E-state index contributed by atoms with van der Waals surface area (Å²) in [7, 11) is 0. The first-order chi connectivity index (χ1) is 11.4. The van der Waals surface area contributed by atoms with Crippen molar-refractivity contribution in [2.24, 2.45) is 0 Å². The number of fused-ring (bicyclic) bond motifs is 2. The van der Waals surface area contributed by atoms with Crippen molar-refractivity contribution in [3.63, 3.8) is 0 Å². The molecule has 0 saturated heterocycles. The average Bonchev–Trinajstić information content (AvgIpc) is 2.61. The van der Waals surface area contributed by atoms with Crippen molar-refractivity contribution >= 4 is 41.0 Å². The minimum atomic E-state index is -0.184. The number of rotatable bonds is 2. The summed E-state index contributed by atoms with van der Waals surface area (Å²) >= 11 is -0.184. The van der Waals surface area contributed by atoms with E-state index >= 15 is 0 Å². The zero-order chi connectivity index (χ0) is 15.6. The van der Waals surface area contributed by atoms with Crippen LogP contribution in [0.1, 0.15) is 0 Å². The SMILES string of the molecule is N#C[Se]c1ccc2ccccc2c1-c1cccc2ccccc12. The van der Waals surface area contributed by atoms with Crippen molar-refractivity contribution in [3.05, 3.63) is 78.9 Å². The average molecular weight is 358 g/mol. The van der Waals surface area contributed by atoms with Crippen LogP contribution >= 0.6 is 0 Å². The molecular formula is C21H13NSe. The molecule has 2 heteroatoms. The Labute approximate surface area is 141 Å². The van der Waals surface area contributed by atoms with E-state index in [2.05, 4.69) is 83.8 Å². The van der Waals surface area contributed by atoms with Gasteiger partial charge < -0.3 is 0 Å². The molecule has 0 aliphatic heterocycles. The van der Waals surface area contributed by atoms with Crippen LogP contribution in [0.5, 0.6) is 0 Å². The van der Waals surface area contributed by atoms with Gasteiger partial charge in [-0.1, -0.05) is 0 Å². The van der Waals surface area contributed by atoms with Crippen molar-refractivity contribution in [2.75, 3.05) is 0 Å². The first kappa shape index (κ1) is 14.0. The molecule has 0 aliphatic carbocycles. The monoisotopic (exact) mass is 359 g/mol. The fourth-order valence-electron chi connectivity index (χ4n) is 3.11. The molecule has 4 rings (SSSR count). The van der Waals surface area contributed by atoms with E-state index < -0.39 is 0 Å². The van der Waals surface area contributed by atoms with E-state index in [0.717, 1.165) is 4.46 Å². The molecule has 23 heavy (non-hydrogen) atoms. The Kier molecular flexibility index (Phi) is 3.60. The molecule has 0 saturated carbocycles. The Bertz CT molecular complexity index is 1050. The molecule has 0 amide bonds. The standard InChI is InChI=1S/C21H13NSe/c22-14-23-20-13-12-16-7-2-4-10-18(16)21(20)19-11-5-8-15-6-1-3-9-17(15)19/h1-13H. The molecule has 0 atom stereocenters. The third-order valence-electron chi connectivity index (χ3n) is 4.11. The first-order valence-corrected chi connectivity index (χ1v) is 9.15. The fourth-order valence-corrected chi connectivity index (χ4v) is 4.27. The topological polar surface area (TPSA) is 23.8 Å². The summed E-state index contributed by atoms with van der Waals surface area (Å²) in [6, 6.07) is 27.5. The molecular weight excluding hydrogens is 345 g/mol. The van der Waals surface area contributed by atoms with Crippen LogP contribution in [0.4, 0.5) is 0 Å². The van der Waals surface area contributed by atoms with Crippen molar-refractivity contribution in [3.8, 4) is 16.1 Å². The van der Waals surface area contributed by atoms with Gasteiger partial charge in [0.05, 0.1) is 0 Å². The number of nitriles is 1. The van der Waals surface area contributed by atoms with Gasteiger partial charge >= 0.3 is 141 Å². The normalized spacial score (nSPS) is 10.7. The van der Waals surface area contributed by atoms with E-state index in [1.165, 1.54) is 32.7 Å². The first-order valence-electron chi connectivity index (χ1n) is 7.44. The maximum absolute atomic E-state index is 9.25. The molecule has 0 unspecified atom stereocenters. The van der Waals surface area contributed by atoms with Crippen LogP contribution in [0.25, 0.3) is 32.7 Å². The molecule has 0 aromatic heterocycles. The van der Waals surface area contributed by atoms with Gasteiger partial charge in [0, 0.05) is 0 Å². The van der Waals surface area contributed by atoms with Crippen LogP contribution in [-0.2, 0) is 0 Å². The van der Waals surface area contributed by atoms with Crippen LogP contribution in [-0.4, -0.2) is 15.0 Å². The van der Waals surface area contributed by atoms with Gasteiger partial charge in [-0.3, -0.25) is 0 Å². The van der Waals surface area contributed by atoms with Gasteiger partial charge in [-0.2, -0.15) is 0 Å². The molecule has 4 aromatic carbocycles. The van der Waals surface area contributed by atoms with E-state index in [-0.39, 0.29) is 15.0 Å². The molecule has 1 nitrogen and oxygen atoms in total. The number of nitrogens with zero attached hydrogens (tertiary/aromatic N) is 1. The molecule has 0 N–H and O–H groups in total. The van der Waals surface area contributed by atoms with E-state index in [9.17, 15) is 5.26 Å². The van der Waals surface area contributed by atoms with E-state index in [0.29, 0.717) is 0 Å². The van der Waals surface area contributed by atoms with Crippen LogP contribution in [0.15, 0.2) is 78.9 Å². The molecule has 4 aromatic rings. The predicted octanol–water partition coefficient (Wildman–Crippen LogP) is 4.47. The Hall–Kier alpha value is -2.59. The predicted molar refractivity (Wildman–Crippen MR) is 97.9 cm³/mol. The second kappa shape index (κ2) is 5.89. The zero-order valence-corrected chi connectivity index (χ0v) is 14.1. The quantitative estimate of drug-likeness (QED) is 0.485. The van der Waals surface area contributed by atoms with Gasteiger partial charge in [-0.25, -0.2) is 0 Å². The summed E-state index contributed by atoms with van der Waals surface area (Å²) in [6.45, 7) is 0. The van der Waals surface area contributed by atoms with Gasteiger partial charge in [0.1, 0.15) is 0 Å². The van der Waals surface area contributed by atoms with Crippen molar-refractivity contribution in [2.45, 2.75) is 0 Å². The third-order valence-corrected chi connectivity index (χ3v) is 5.47. The minimum absolute atomic E-state index is 0.184. The molecule has 0 radical (unpaired) electrons. The van der Waals surface area contributed by atoms with Crippen LogP contribution in [0, 0.1) is 10.2 Å². The Morgan fingerprint density at radius 3 is 2.09 bits per heavy atom. The van der Waals surface area contributed by atoms with Crippen molar-refractivity contribution in [1.29, 1.82) is 5.26 Å². The molecule has 0 spiro atoms. The van der Waals surface area contributed by atoms with E-state index in [1.807, 2.05) is 0 Å². The van der Waals surface area contributed by atoms with Gasteiger partial charge in [0.2, 0.25) is 0 Å². The van der Waals surface area contributed by atoms with Crippen molar-refractivity contribution in [1.82, 2.24) is 0 Å². The third kappa shape index (κ3) is 2.41. The molecule has 0 fully saturated rings.